The molecule has 29 heavy (non-hydrogen) atoms. The van der Waals surface area contributed by atoms with Crippen molar-refractivity contribution < 1.29 is 14.3 Å². The Bertz CT molecular complexity index is 674. The number of rotatable bonds is 7. The fraction of sp³-hybridized carbons (Fsp3) is 0.696. The zero-order valence-corrected chi connectivity index (χ0v) is 17.8. The molecular weight excluding hydrogens is 366 g/mol. The van der Waals surface area contributed by atoms with E-state index in [9.17, 15) is 4.79 Å². The van der Waals surface area contributed by atoms with E-state index in [0.29, 0.717) is 5.91 Å². The molecule has 0 aromatic heterocycles. The van der Waals surface area contributed by atoms with Gasteiger partial charge in [0.2, 0.25) is 5.91 Å². The van der Waals surface area contributed by atoms with Gasteiger partial charge in [0.25, 0.3) is 0 Å². The van der Waals surface area contributed by atoms with E-state index in [4.69, 9.17) is 9.47 Å². The highest BCUT2D eigenvalue weighted by atomic mass is 16.5. The van der Waals surface area contributed by atoms with Gasteiger partial charge >= 0.3 is 0 Å². The van der Waals surface area contributed by atoms with Crippen LogP contribution in [0.3, 0.4) is 0 Å². The Balaban J connectivity index is 1.26. The van der Waals surface area contributed by atoms with Crippen molar-refractivity contribution in [2.24, 2.45) is 0 Å². The number of carbonyl (C=O) groups excluding carboxylic acids is 1. The van der Waals surface area contributed by atoms with Crippen molar-refractivity contribution in [3.8, 4) is 5.75 Å². The van der Waals surface area contributed by atoms with Gasteiger partial charge in [-0.05, 0) is 56.3 Å². The molecule has 6 nitrogen and oxygen atoms in total. The molecule has 6 heteroatoms. The minimum atomic E-state index is -0.262. The summed E-state index contributed by atoms with van der Waals surface area (Å²) in [7, 11) is 1.95. The second-order valence-electron chi connectivity index (χ2n) is 8.69. The predicted molar refractivity (Wildman–Crippen MR) is 113 cm³/mol. The van der Waals surface area contributed by atoms with Gasteiger partial charge in [-0.3, -0.25) is 14.6 Å². The summed E-state index contributed by atoms with van der Waals surface area (Å²) < 4.78 is 11.3. The van der Waals surface area contributed by atoms with Gasteiger partial charge in [0.05, 0.1) is 19.8 Å². The van der Waals surface area contributed by atoms with Crippen molar-refractivity contribution >= 4 is 5.91 Å². The average Bonchev–Trinajstić information content (AvgIpc) is 3.14. The molecular formula is C23H35N3O3. The Morgan fingerprint density at radius 3 is 2.52 bits per heavy atom. The number of piperidine rings is 1. The molecule has 1 aromatic rings. The lowest BCUT2D eigenvalue weighted by atomic mass is 9.85. The van der Waals surface area contributed by atoms with Gasteiger partial charge in [0, 0.05) is 39.8 Å². The molecule has 3 aliphatic heterocycles. The zero-order chi connectivity index (χ0) is 20.1. The number of benzene rings is 1. The average molecular weight is 402 g/mol. The van der Waals surface area contributed by atoms with Gasteiger partial charge in [-0.1, -0.05) is 12.1 Å². The number of likely N-dealkylation sites (N-methyl/N-ethyl adjacent to an activating group) is 1. The molecule has 1 spiro atoms. The van der Waals surface area contributed by atoms with Gasteiger partial charge in [0.15, 0.2) is 0 Å². The number of likely N-dealkylation sites (tertiary alicyclic amines) is 2. The van der Waals surface area contributed by atoms with Crippen LogP contribution < -0.4 is 4.74 Å². The lowest BCUT2D eigenvalue weighted by molar-refractivity contribution is -0.146. The summed E-state index contributed by atoms with van der Waals surface area (Å²) in [5.41, 5.74) is 0.995. The molecule has 0 aliphatic carbocycles. The van der Waals surface area contributed by atoms with E-state index in [1.165, 1.54) is 5.56 Å². The van der Waals surface area contributed by atoms with Crippen molar-refractivity contribution in [1.29, 1.82) is 0 Å². The smallest absolute Gasteiger partial charge is 0.242 e. The van der Waals surface area contributed by atoms with E-state index in [0.717, 1.165) is 96.9 Å². The molecule has 1 aromatic carbocycles. The lowest BCUT2D eigenvalue weighted by Crippen LogP contribution is -2.58. The van der Waals surface area contributed by atoms with Gasteiger partial charge in [-0.2, -0.15) is 0 Å². The first kappa shape index (κ1) is 20.6. The van der Waals surface area contributed by atoms with E-state index in [1.54, 1.807) is 0 Å². The number of morpholine rings is 1. The highest BCUT2D eigenvalue weighted by Crippen LogP contribution is 2.38. The standard InChI is InChI=1S/C23H35N3O3/c1-24-11-2-9-23(22(24)27)10-3-13-26(23)19-20-5-7-21(8-6-20)29-16-4-12-25-14-17-28-18-15-25/h5-8H,2-4,9-19H2,1H3. The third-order valence-electron chi connectivity index (χ3n) is 6.74. The molecule has 0 bridgehead atoms. The van der Waals surface area contributed by atoms with E-state index in [2.05, 4.69) is 34.1 Å². The highest BCUT2D eigenvalue weighted by molar-refractivity contribution is 5.87. The Kier molecular flexibility index (Phi) is 6.73. The van der Waals surface area contributed by atoms with E-state index in [1.807, 2.05) is 11.9 Å². The number of carbonyl (C=O) groups is 1. The molecule has 0 N–H and O–H groups in total. The van der Waals surface area contributed by atoms with Crippen molar-refractivity contribution in [2.75, 3.05) is 59.6 Å². The van der Waals surface area contributed by atoms with Crippen LogP contribution in [0.5, 0.6) is 5.75 Å². The molecule has 1 amide bonds. The van der Waals surface area contributed by atoms with Gasteiger partial charge in [-0.15, -0.1) is 0 Å². The second kappa shape index (κ2) is 9.45. The third-order valence-corrected chi connectivity index (χ3v) is 6.74. The van der Waals surface area contributed by atoms with E-state index < -0.39 is 0 Å². The molecule has 160 valence electrons. The van der Waals surface area contributed by atoms with Crippen molar-refractivity contribution in [3.05, 3.63) is 29.8 Å². The number of hydrogen-bond donors (Lipinski definition) is 0. The van der Waals surface area contributed by atoms with Crippen LogP contribution in [-0.2, 0) is 16.1 Å². The molecule has 1 atom stereocenters. The van der Waals surface area contributed by atoms with Crippen LogP contribution in [0, 0.1) is 0 Å². The van der Waals surface area contributed by atoms with Crippen LogP contribution >= 0.6 is 0 Å². The first-order valence-corrected chi connectivity index (χ1v) is 11.2. The fourth-order valence-electron chi connectivity index (χ4n) is 5.08. The van der Waals surface area contributed by atoms with Crippen LogP contribution in [-0.4, -0.2) is 85.7 Å². The largest absolute Gasteiger partial charge is 0.494 e. The summed E-state index contributed by atoms with van der Waals surface area (Å²) in [6.45, 7) is 8.33. The summed E-state index contributed by atoms with van der Waals surface area (Å²) in [5, 5.41) is 0. The normalized spacial score (nSPS) is 26.4. The lowest BCUT2D eigenvalue weighted by Gasteiger charge is -2.43. The van der Waals surface area contributed by atoms with Crippen LogP contribution in [0.15, 0.2) is 24.3 Å². The molecule has 3 heterocycles. The SMILES string of the molecule is CN1CCCC2(CCCN2Cc2ccc(OCCCN3CCOCC3)cc2)C1=O. The van der Waals surface area contributed by atoms with Crippen molar-refractivity contribution in [3.63, 3.8) is 0 Å². The van der Waals surface area contributed by atoms with Crippen LogP contribution in [0.1, 0.15) is 37.7 Å². The van der Waals surface area contributed by atoms with Crippen molar-refractivity contribution in [1.82, 2.24) is 14.7 Å². The predicted octanol–water partition coefficient (Wildman–Crippen LogP) is 2.37. The molecule has 0 saturated carbocycles. The number of hydrogen-bond acceptors (Lipinski definition) is 5. The summed E-state index contributed by atoms with van der Waals surface area (Å²) >= 11 is 0. The summed E-state index contributed by atoms with van der Waals surface area (Å²) in [6.07, 6.45) is 5.26. The topological polar surface area (TPSA) is 45.2 Å². The summed E-state index contributed by atoms with van der Waals surface area (Å²) in [6, 6.07) is 8.45. The van der Waals surface area contributed by atoms with Gasteiger partial charge in [-0.25, -0.2) is 0 Å². The Hall–Kier alpha value is -1.63. The summed E-state index contributed by atoms with van der Waals surface area (Å²) in [5.74, 6) is 1.25. The molecule has 3 saturated heterocycles. The second-order valence-corrected chi connectivity index (χ2v) is 8.69. The number of nitrogens with zero attached hydrogens (tertiary/aromatic N) is 3. The van der Waals surface area contributed by atoms with Gasteiger partial charge < -0.3 is 14.4 Å². The molecule has 3 aliphatic rings. The third kappa shape index (κ3) is 4.76. The molecule has 0 radical (unpaired) electrons. The highest BCUT2D eigenvalue weighted by Gasteiger charge is 2.49. The zero-order valence-electron chi connectivity index (χ0n) is 17.8. The minimum Gasteiger partial charge on any atom is -0.494 e. The van der Waals surface area contributed by atoms with Crippen LogP contribution in [0.25, 0.3) is 0 Å². The summed E-state index contributed by atoms with van der Waals surface area (Å²) in [4.78, 5) is 19.7. The molecule has 4 rings (SSSR count). The quantitative estimate of drug-likeness (QED) is 0.657. The monoisotopic (exact) mass is 401 g/mol. The number of ether oxygens (including phenoxy) is 2. The Morgan fingerprint density at radius 2 is 1.76 bits per heavy atom. The van der Waals surface area contributed by atoms with Crippen LogP contribution in [0.2, 0.25) is 0 Å². The first-order valence-electron chi connectivity index (χ1n) is 11.2. The van der Waals surface area contributed by atoms with Crippen LogP contribution in [0.4, 0.5) is 0 Å². The maximum absolute atomic E-state index is 12.9. The first-order chi connectivity index (χ1) is 14.2. The van der Waals surface area contributed by atoms with E-state index >= 15 is 0 Å². The molecule has 1 unspecified atom stereocenters. The number of amides is 1. The maximum Gasteiger partial charge on any atom is 0.242 e. The Labute approximate surface area is 174 Å². The van der Waals surface area contributed by atoms with E-state index in [-0.39, 0.29) is 5.54 Å². The molecule has 3 fully saturated rings. The van der Waals surface area contributed by atoms with Gasteiger partial charge in [0.1, 0.15) is 11.3 Å². The van der Waals surface area contributed by atoms with Crippen molar-refractivity contribution in [2.45, 2.75) is 44.2 Å². The minimum absolute atomic E-state index is 0.262. The fourth-order valence-corrected chi connectivity index (χ4v) is 5.08. The Morgan fingerprint density at radius 1 is 1.03 bits per heavy atom. The maximum atomic E-state index is 12.9.